The smallest absolute Gasteiger partial charge is 0.433 e. The quantitative estimate of drug-likeness (QED) is 0.522. The van der Waals surface area contributed by atoms with Crippen LogP contribution in [0.2, 0.25) is 0 Å². The molecule has 0 aliphatic carbocycles. The summed E-state index contributed by atoms with van der Waals surface area (Å²) in [6, 6.07) is 12.7. The molecule has 28 heavy (non-hydrogen) atoms. The molecule has 1 N–H and O–H groups in total. The van der Waals surface area contributed by atoms with Gasteiger partial charge in [0.2, 0.25) is 0 Å². The number of halogens is 3. The zero-order valence-corrected chi connectivity index (χ0v) is 14.5. The fourth-order valence-corrected chi connectivity index (χ4v) is 2.91. The molecule has 4 rings (SSSR count). The average molecular weight is 386 g/mol. The van der Waals surface area contributed by atoms with Crippen molar-refractivity contribution in [3.8, 4) is 5.75 Å². The lowest BCUT2D eigenvalue weighted by molar-refractivity contribution is -0.141. The Morgan fingerprint density at radius 2 is 1.86 bits per heavy atom. The minimum Gasteiger partial charge on any atom is -0.495 e. The molecule has 0 saturated heterocycles. The van der Waals surface area contributed by atoms with Gasteiger partial charge < -0.3 is 14.5 Å². The highest BCUT2D eigenvalue weighted by Gasteiger charge is 2.32. The molecule has 0 bridgehead atoms. The summed E-state index contributed by atoms with van der Waals surface area (Å²) in [5.41, 5.74) is 0.488. The Labute approximate surface area is 156 Å². The Kier molecular flexibility index (Phi) is 4.18. The summed E-state index contributed by atoms with van der Waals surface area (Å²) in [6.07, 6.45) is -3.69. The number of hydrogen-bond acceptors (Lipinski definition) is 4. The predicted octanol–water partition coefficient (Wildman–Crippen LogP) is 5.26. The molecule has 0 fully saturated rings. The summed E-state index contributed by atoms with van der Waals surface area (Å²) in [5.74, 6) is -0.220. The maximum Gasteiger partial charge on any atom is 0.433 e. The number of amides is 1. The normalized spacial score (nSPS) is 11.7. The predicted molar refractivity (Wildman–Crippen MR) is 97.5 cm³/mol. The third-order valence-electron chi connectivity index (χ3n) is 4.26. The van der Waals surface area contributed by atoms with Crippen LogP contribution >= 0.6 is 0 Å². The van der Waals surface area contributed by atoms with Gasteiger partial charge in [0.1, 0.15) is 22.6 Å². The van der Waals surface area contributed by atoms with E-state index in [4.69, 9.17) is 9.15 Å². The first-order valence-corrected chi connectivity index (χ1v) is 8.20. The molecule has 4 aromatic rings. The van der Waals surface area contributed by atoms with Crippen molar-refractivity contribution >= 4 is 33.5 Å². The van der Waals surface area contributed by atoms with Gasteiger partial charge in [0, 0.05) is 23.0 Å². The number of para-hydroxylation sites is 1. The standard InChI is InChI=1S/C20H13F3N2O3/c1-27-17-8-13-12-4-2-3-5-15(12)28-16(13)9-14(17)25-19(26)11-6-7-18(24-10-11)20(21,22)23/h2-10H,1H3,(H,25,26). The molecular formula is C20H13F3N2O3. The zero-order valence-electron chi connectivity index (χ0n) is 14.5. The summed E-state index contributed by atoms with van der Waals surface area (Å²) in [4.78, 5) is 15.7. The fraction of sp³-hybridized carbons (Fsp3) is 0.100. The first kappa shape index (κ1) is 17.8. The summed E-state index contributed by atoms with van der Waals surface area (Å²) in [5, 5.41) is 4.35. The van der Waals surface area contributed by atoms with Crippen molar-refractivity contribution in [3.63, 3.8) is 0 Å². The molecule has 0 aliphatic heterocycles. The number of rotatable bonds is 3. The topological polar surface area (TPSA) is 64.4 Å². The zero-order chi connectivity index (χ0) is 19.9. The van der Waals surface area contributed by atoms with Gasteiger partial charge >= 0.3 is 6.18 Å². The van der Waals surface area contributed by atoms with Gasteiger partial charge in [0.25, 0.3) is 5.91 Å². The summed E-state index contributed by atoms with van der Waals surface area (Å²) < 4.78 is 49.0. The summed E-state index contributed by atoms with van der Waals surface area (Å²) in [6.45, 7) is 0. The van der Waals surface area contributed by atoms with Crippen molar-refractivity contribution < 1.29 is 27.1 Å². The van der Waals surface area contributed by atoms with Gasteiger partial charge in [0.05, 0.1) is 18.4 Å². The van der Waals surface area contributed by atoms with Crippen LogP contribution in [0, 0.1) is 0 Å². The van der Waals surface area contributed by atoms with Crippen molar-refractivity contribution in [1.82, 2.24) is 4.98 Å². The second kappa shape index (κ2) is 6.56. The highest BCUT2D eigenvalue weighted by Crippen LogP contribution is 2.36. The van der Waals surface area contributed by atoms with Crippen LogP contribution in [0.5, 0.6) is 5.75 Å². The number of carbonyl (C=O) groups excluding carboxylic acids is 1. The van der Waals surface area contributed by atoms with Crippen molar-refractivity contribution in [2.45, 2.75) is 6.18 Å². The fourth-order valence-electron chi connectivity index (χ4n) is 2.91. The number of carbonyl (C=O) groups is 1. The molecular weight excluding hydrogens is 373 g/mol. The molecule has 8 heteroatoms. The molecule has 0 spiro atoms. The molecule has 0 saturated carbocycles. The minimum atomic E-state index is -4.56. The number of methoxy groups -OCH3 is 1. The third kappa shape index (κ3) is 3.13. The number of pyridine rings is 1. The molecule has 2 aromatic heterocycles. The Morgan fingerprint density at radius 3 is 2.54 bits per heavy atom. The van der Waals surface area contributed by atoms with Gasteiger partial charge in [-0.2, -0.15) is 13.2 Å². The van der Waals surface area contributed by atoms with E-state index in [9.17, 15) is 18.0 Å². The van der Waals surface area contributed by atoms with Crippen LogP contribution in [0.25, 0.3) is 21.9 Å². The van der Waals surface area contributed by atoms with Crippen molar-refractivity contribution in [1.29, 1.82) is 0 Å². The number of benzene rings is 2. The molecule has 5 nitrogen and oxygen atoms in total. The first-order valence-electron chi connectivity index (χ1n) is 8.20. The van der Waals surface area contributed by atoms with Gasteiger partial charge in [-0.1, -0.05) is 18.2 Å². The maximum atomic E-state index is 12.6. The SMILES string of the molecule is COc1cc2c(cc1NC(=O)c1ccc(C(F)(F)F)nc1)oc1ccccc12. The Balaban J connectivity index is 1.68. The number of nitrogens with one attached hydrogen (secondary N) is 1. The Hall–Kier alpha value is -3.55. The van der Waals surface area contributed by atoms with E-state index in [2.05, 4.69) is 10.3 Å². The van der Waals surface area contributed by atoms with Crippen molar-refractivity contribution in [3.05, 3.63) is 66.0 Å². The van der Waals surface area contributed by atoms with Crippen molar-refractivity contribution in [2.24, 2.45) is 0 Å². The first-order chi connectivity index (χ1) is 13.4. The number of alkyl halides is 3. The molecule has 0 unspecified atom stereocenters. The van der Waals surface area contributed by atoms with E-state index in [0.29, 0.717) is 22.6 Å². The number of fused-ring (bicyclic) bond motifs is 3. The molecule has 0 radical (unpaired) electrons. The van der Waals surface area contributed by atoms with Gasteiger partial charge in [-0.25, -0.2) is 0 Å². The van der Waals surface area contributed by atoms with Crippen molar-refractivity contribution in [2.75, 3.05) is 12.4 Å². The number of furan rings is 1. The van der Waals surface area contributed by atoms with Crippen LogP contribution in [0.15, 0.2) is 59.1 Å². The van der Waals surface area contributed by atoms with E-state index in [1.807, 2.05) is 24.3 Å². The molecule has 142 valence electrons. The van der Waals surface area contributed by atoms with Gasteiger partial charge in [-0.15, -0.1) is 0 Å². The lowest BCUT2D eigenvalue weighted by Gasteiger charge is -2.11. The number of anilines is 1. The highest BCUT2D eigenvalue weighted by molar-refractivity contribution is 6.09. The molecule has 1 amide bonds. The number of ether oxygens (including phenoxy) is 1. The van der Waals surface area contributed by atoms with E-state index in [-0.39, 0.29) is 5.56 Å². The second-order valence-corrected chi connectivity index (χ2v) is 6.03. The Morgan fingerprint density at radius 1 is 1.07 bits per heavy atom. The van der Waals surface area contributed by atoms with E-state index in [1.54, 1.807) is 12.1 Å². The number of hydrogen-bond donors (Lipinski definition) is 1. The monoisotopic (exact) mass is 386 g/mol. The van der Waals surface area contributed by atoms with Crippen LogP contribution in [0.4, 0.5) is 18.9 Å². The highest BCUT2D eigenvalue weighted by atomic mass is 19.4. The van der Waals surface area contributed by atoms with Gasteiger partial charge in [0.15, 0.2) is 0 Å². The van der Waals surface area contributed by atoms with E-state index in [0.717, 1.165) is 29.1 Å². The molecule has 0 aliphatic rings. The Bertz CT molecular complexity index is 1180. The molecule has 2 heterocycles. The van der Waals surface area contributed by atoms with Crippen LogP contribution in [-0.2, 0) is 6.18 Å². The summed E-state index contributed by atoms with van der Waals surface area (Å²) >= 11 is 0. The lowest BCUT2D eigenvalue weighted by Crippen LogP contribution is -2.14. The molecule has 2 aromatic carbocycles. The van der Waals surface area contributed by atoms with E-state index >= 15 is 0 Å². The van der Waals surface area contributed by atoms with Crippen LogP contribution < -0.4 is 10.1 Å². The number of aromatic nitrogens is 1. The minimum absolute atomic E-state index is 0.0141. The van der Waals surface area contributed by atoms with Gasteiger partial charge in [-0.05, 0) is 24.3 Å². The maximum absolute atomic E-state index is 12.6. The second-order valence-electron chi connectivity index (χ2n) is 6.03. The largest absolute Gasteiger partial charge is 0.495 e. The molecule has 0 atom stereocenters. The summed E-state index contributed by atoms with van der Waals surface area (Å²) in [7, 11) is 1.46. The third-order valence-corrected chi connectivity index (χ3v) is 4.26. The van der Waals surface area contributed by atoms with Gasteiger partial charge in [-0.3, -0.25) is 9.78 Å². The average Bonchev–Trinajstić information content (AvgIpc) is 3.04. The van der Waals surface area contributed by atoms with E-state index in [1.165, 1.54) is 7.11 Å². The van der Waals surface area contributed by atoms with Crippen LogP contribution in [-0.4, -0.2) is 18.0 Å². The van der Waals surface area contributed by atoms with Crippen LogP contribution in [0.3, 0.4) is 0 Å². The van der Waals surface area contributed by atoms with Crippen LogP contribution in [0.1, 0.15) is 16.1 Å². The van der Waals surface area contributed by atoms with E-state index < -0.39 is 17.8 Å². The number of nitrogens with zero attached hydrogens (tertiary/aromatic N) is 1. The lowest BCUT2D eigenvalue weighted by atomic mass is 10.1.